The molecule has 1 nitrogen and oxygen atoms in total. The van der Waals surface area contributed by atoms with Crippen LogP contribution < -0.4 is 0 Å². The van der Waals surface area contributed by atoms with E-state index >= 15 is 0 Å². The van der Waals surface area contributed by atoms with E-state index in [-0.39, 0.29) is 17.6 Å². The predicted molar refractivity (Wildman–Crippen MR) is 107 cm³/mol. The summed E-state index contributed by atoms with van der Waals surface area (Å²) >= 11 is 0. The molecule has 0 bridgehead atoms. The van der Waals surface area contributed by atoms with Crippen LogP contribution in [0.2, 0.25) is 0 Å². The maximum Gasteiger partial charge on any atom is 0.127 e. The van der Waals surface area contributed by atoms with Gasteiger partial charge >= 0.3 is 0 Å². The van der Waals surface area contributed by atoms with Crippen LogP contribution in [0.4, 0.5) is 8.78 Å². The van der Waals surface area contributed by atoms with Crippen LogP contribution in [-0.4, -0.2) is 13.2 Å². The maximum absolute atomic E-state index is 14.8. The minimum absolute atomic E-state index is 0.189. The van der Waals surface area contributed by atoms with E-state index in [1.54, 1.807) is 13.2 Å². The van der Waals surface area contributed by atoms with Crippen LogP contribution in [0.25, 0.3) is 11.1 Å². The zero-order valence-electron chi connectivity index (χ0n) is 16.2. The lowest BCUT2D eigenvalue weighted by Crippen LogP contribution is -2.19. The summed E-state index contributed by atoms with van der Waals surface area (Å²) in [6, 6.07) is 10.5. The molecular formula is C24H28F2O. The lowest BCUT2D eigenvalue weighted by molar-refractivity contribution is 0.0655. The summed E-state index contributed by atoms with van der Waals surface area (Å²) < 4.78 is 34.5. The molecule has 2 aromatic carbocycles. The Labute approximate surface area is 161 Å². The number of allylic oxidation sites excluding steroid dienone is 2. The second kappa shape index (κ2) is 9.27. The van der Waals surface area contributed by atoms with Gasteiger partial charge in [0.15, 0.2) is 0 Å². The molecule has 1 fully saturated rings. The molecule has 0 aliphatic heterocycles. The number of rotatable bonds is 6. The fourth-order valence-corrected chi connectivity index (χ4v) is 3.98. The van der Waals surface area contributed by atoms with Gasteiger partial charge in [-0.2, -0.15) is 0 Å². The van der Waals surface area contributed by atoms with E-state index in [1.165, 1.54) is 6.07 Å². The monoisotopic (exact) mass is 370 g/mol. The van der Waals surface area contributed by atoms with Crippen molar-refractivity contribution in [3.05, 3.63) is 71.3 Å². The van der Waals surface area contributed by atoms with E-state index < -0.39 is 0 Å². The highest BCUT2D eigenvalue weighted by Gasteiger charge is 2.24. The van der Waals surface area contributed by atoms with Crippen molar-refractivity contribution < 1.29 is 13.5 Å². The smallest absolute Gasteiger partial charge is 0.127 e. The molecule has 3 rings (SSSR count). The van der Waals surface area contributed by atoms with Crippen molar-refractivity contribution in [2.75, 3.05) is 7.11 Å². The normalized spacial score (nSPS) is 20.3. The zero-order chi connectivity index (χ0) is 19.2. The minimum atomic E-state index is -0.223. The first-order valence-corrected chi connectivity index (χ1v) is 9.84. The SMILES string of the molecule is C/C=C/CCc1ccc(-c2ccc(C3CCC(OC)CC3)c(F)c2)cc1F. The van der Waals surface area contributed by atoms with Crippen LogP contribution in [0.15, 0.2) is 48.6 Å². The Balaban J connectivity index is 1.74. The van der Waals surface area contributed by atoms with Gasteiger partial charge in [0.1, 0.15) is 11.6 Å². The molecule has 0 spiro atoms. The van der Waals surface area contributed by atoms with Crippen molar-refractivity contribution in [2.45, 2.75) is 57.5 Å². The number of aryl methyl sites for hydroxylation is 1. The van der Waals surface area contributed by atoms with E-state index in [9.17, 15) is 8.78 Å². The zero-order valence-corrected chi connectivity index (χ0v) is 16.2. The van der Waals surface area contributed by atoms with Crippen LogP contribution in [0, 0.1) is 11.6 Å². The number of halogens is 2. The van der Waals surface area contributed by atoms with Crippen LogP contribution in [0.5, 0.6) is 0 Å². The number of ether oxygens (including phenoxy) is 1. The Morgan fingerprint density at radius 1 is 0.963 bits per heavy atom. The van der Waals surface area contributed by atoms with Crippen LogP contribution in [0.1, 0.15) is 56.1 Å². The van der Waals surface area contributed by atoms with E-state index in [2.05, 4.69) is 0 Å². The molecule has 0 N–H and O–H groups in total. The quantitative estimate of drug-likeness (QED) is 0.507. The Hall–Kier alpha value is -2.00. The Bertz CT molecular complexity index is 789. The second-order valence-corrected chi connectivity index (χ2v) is 7.36. The van der Waals surface area contributed by atoms with Gasteiger partial charge in [-0.1, -0.05) is 36.4 Å². The van der Waals surface area contributed by atoms with E-state index in [0.717, 1.165) is 48.8 Å². The summed E-state index contributed by atoms with van der Waals surface area (Å²) in [6.07, 6.45) is 9.65. The van der Waals surface area contributed by atoms with Crippen molar-refractivity contribution in [1.82, 2.24) is 0 Å². The van der Waals surface area contributed by atoms with Crippen molar-refractivity contribution in [2.24, 2.45) is 0 Å². The van der Waals surface area contributed by atoms with Crippen molar-refractivity contribution >= 4 is 0 Å². The molecule has 0 aromatic heterocycles. The minimum Gasteiger partial charge on any atom is -0.381 e. The number of benzene rings is 2. The highest BCUT2D eigenvalue weighted by Crippen LogP contribution is 2.36. The van der Waals surface area contributed by atoms with Crippen molar-refractivity contribution in [1.29, 1.82) is 0 Å². The van der Waals surface area contributed by atoms with Crippen molar-refractivity contribution in [3.8, 4) is 11.1 Å². The summed E-state index contributed by atoms with van der Waals surface area (Å²) in [6.45, 7) is 1.96. The topological polar surface area (TPSA) is 9.23 Å². The number of hydrogen-bond acceptors (Lipinski definition) is 1. The largest absolute Gasteiger partial charge is 0.381 e. The fraction of sp³-hybridized carbons (Fsp3) is 0.417. The average Bonchev–Trinajstić information content (AvgIpc) is 2.69. The van der Waals surface area contributed by atoms with Crippen LogP contribution in [0.3, 0.4) is 0 Å². The average molecular weight is 370 g/mol. The van der Waals surface area contributed by atoms with Gasteiger partial charge in [0, 0.05) is 7.11 Å². The highest BCUT2D eigenvalue weighted by molar-refractivity contribution is 5.64. The first-order valence-electron chi connectivity index (χ1n) is 9.84. The fourth-order valence-electron chi connectivity index (χ4n) is 3.98. The van der Waals surface area contributed by atoms with E-state index in [1.807, 2.05) is 43.3 Å². The molecule has 1 aliphatic rings. The van der Waals surface area contributed by atoms with Gasteiger partial charge in [-0.15, -0.1) is 0 Å². The van der Waals surface area contributed by atoms with Crippen molar-refractivity contribution in [3.63, 3.8) is 0 Å². The summed E-state index contributed by atoms with van der Waals surface area (Å²) in [5, 5.41) is 0. The summed E-state index contributed by atoms with van der Waals surface area (Å²) in [5.74, 6) is -0.165. The lowest BCUT2D eigenvalue weighted by Gasteiger charge is -2.28. The van der Waals surface area contributed by atoms with Gasteiger partial charge in [-0.25, -0.2) is 8.78 Å². The van der Waals surface area contributed by atoms with Crippen LogP contribution in [-0.2, 0) is 11.2 Å². The van der Waals surface area contributed by atoms with Gasteiger partial charge in [0.05, 0.1) is 6.10 Å². The third kappa shape index (κ3) is 4.84. The molecule has 0 unspecified atom stereocenters. The standard InChI is InChI=1S/C24H28F2O/c1-3-4-5-6-18-7-8-19(15-23(18)25)20-11-14-22(24(26)16-20)17-9-12-21(27-2)13-10-17/h3-4,7-8,11,14-17,21H,5-6,9-10,12-13H2,1-2H3/b4-3+. The van der Waals surface area contributed by atoms with E-state index in [0.29, 0.717) is 18.1 Å². The second-order valence-electron chi connectivity index (χ2n) is 7.36. The van der Waals surface area contributed by atoms with Gasteiger partial charge in [0.2, 0.25) is 0 Å². The first-order chi connectivity index (χ1) is 13.1. The van der Waals surface area contributed by atoms with Crippen LogP contribution >= 0.6 is 0 Å². The van der Waals surface area contributed by atoms with Gasteiger partial charge in [-0.05, 0) is 85.8 Å². The summed E-state index contributed by atoms with van der Waals surface area (Å²) in [5.41, 5.74) is 2.91. The number of hydrogen-bond donors (Lipinski definition) is 0. The molecule has 0 amide bonds. The predicted octanol–water partition coefficient (Wildman–Crippen LogP) is 6.81. The third-order valence-electron chi connectivity index (χ3n) is 5.65. The number of methoxy groups -OCH3 is 1. The molecule has 1 aliphatic carbocycles. The van der Waals surface area contributed by atoms with Gasteiger partial charge < -0.3 is 4.74 Å². The summed E-state index contributed by atoms with van der Waals surface area (Å²) in [4.78, 5) is 0. The Morgan fingerprint density at radius 3 is 2.22 bits per heavy atom. The molecule has 0 saturated heterocycles. The molecular weight excluding hydrogens is 342 g/mol. The van der Waals surface area contributed by atoms with E-state index in [4.69, 9.17) is 4.74 Å². The molecule has 3 heteroatoms. The molecule has 144 valence electrons. The molecule has 1 saturated carbocycles. The van der Waals surface area contributed by atoms with Gasteiger partial charge in [-0.3, -0.25) is 0 Å². The molecule has 0 heterocycles. The molecule has 0 radical (unpaired) electrons. The Kier molecular flexibility index (Phi) is 6.78. The molecule has 2 aromatic rings. The lowest BCUT2D eigenvalue weighted by atomic mass is 9.82. The summed E-state index contributed by atoms with van der Waals surface area (Å²) in [7, 11) is 1.74. The Morgan fingerprint density at radius 2 is 1.63 bits per heavy atom. The van der Waals surface area contributed by atoms with Gasteiger partial charge in [0.25, 0.3) is 0 Å². The third-order valence-corrected chi connectivity index (χ3v) is 5.65. The molecule has 27 heavy (non-hydrogen) atoms. The first kappa shape index (κ1) is 19.8. The molecule has 0 atom stereocenters. The highest BCUT2D eigenvalue weighted by atomic mass is 19.1. The maximum atomic E-state index is 14.8.